The maximum Gasteiger partial charge on any atom is 0.339 e. The van der Waals surface area contributed by atoms with Crippen LogP contribution < -0.4 is 0 Å². The summed E-state index contributed by atoms with van der Waals surface area (Å²) in [6, 6.07) is 1.81. The SMILES string of the molecule is COC(=O)[C@H]1C[C@@H](C(=O)OC)C(C)(C)[C@@H]2C[C@@H](O)[C@]3(C)[C@@H](CC[C@@]4(C)[C@H](c5ccoc5)OC(=O)[C@H]5O[C@@]534)[C@@]12C. The largest absolute Gasteiger partial charge is 0.472 e. The fourth-order valence-corrected chi connectivity index (χ4v) is 10.6. The van der Waals surface area contributed by atoms with Crippen molar-refractivity contribution < 1.29 is 42.9 Å². The van der Waals surface area contributed by atoms with Gasteiger partial charge in [0.05, 0.1) is 44.7 Å². The van der Waals surface area contributed by atoms with E-state index >= 15 is 0 Å². The Balaban J connectivity index is 1.51. The molecule has 1 aromatic heterocycles. The summed E-state index contributed by atoms with van der Waals surface area (Å²) < 4.78 is 28.3. The smallest absolute Gasteiger partial charge is 0.339 e. The number of hydrogen-bond donors (Lipinski definition) is 1. The van der Waals surface area contributed by atoms with Gasteiger partial charge < -0.3 is 28.5 Å². The van der Waals surface area contributed by atoms with E-state index in [1.54, 1.807) is 12.5 Å². The first-order chi connectivity index (χ1) is 18.3. The molecule has 5 aliphatic rings. The van der Waals surface area contributed by atoms with E-state index in [4.69, 9.17) is 23.4 Å². The fraction of sp³-hybridized carbons (Fsp3) is 0.767. The molecule has 39 heavy (non-hydrogen) atoms. The number of carbonyl (C=O) groups excluding carboxylic acids is 3. The quantitative estimate of drug-likeness (QED) is 0.343. The number of methoxy groups -OCH3 is 2. The van der Waals surface area contributed by atoms with Crippen LogP contribution in [0.25, 0.3) is 0 Å². The predicted molar refractivity (Wildman–Crippen MR) is 136 cm³/mol. The fourth-order valence-electron chi connectivity index (χ4n) is 10.6. The van der Waals surface area contributed by atoms with Gasteiger partial charge >= 0.3 is 17.9 Å². The van der Waals surface area contributed by atoms with Crippen molar-refractivity contribution in [2.75, 3.05) is 14.2 Å². The van der Waals surface area contributed by atoms with E-state index in [0.29, 0.717) is 25.7 Å². The van der Waals surface area contributed by atoms with Gasteiger partial charge in [0.2, 0.25) is 0 Å². The van der Waals surface area contributed by atoms with Crippen LogP contribution in [0.3, 0.4) is 0 Å². The van der Waals surface area contributed by atoms with E-state index in [1.165, 1.54) is 14.2 Å². The summed E-state index contributed by atoms with van der Waals surface area (Å²) in [4.78, 5) is 39.8. The molecule has 9 heteroatoms. The van der Waals surface area contributed by atoms with Crippen LogP contribution in [0.15, 0.2) is 23.0 Å². The Kier molecular flexibility index (Phi) is 5.56. The van der Waals surface area contributed by atoms with Crippen molar-refractivity contribution in [1.29, 1.82) is 0 Å². The second-order valence-corrected chi connectivity index (χ2v) is 13.8. The van der Waals surface area contributed by atoms with Gasteiger partial charge in [-0.2, -0.15) is 0 Å². The molecule has 214 valence electrons. The molecule has 6 rings (SSSR count). The molecule has 2 aliphatic heterocycles. The van der Waals surface area contributed by atoms with Crippen molar-refractivity contribution in [3.8, 4) is 0 Å². The Morgan fingerprint density at radius 1 is 0.974 bits per heavy atom. The van der Waals surface area contributed by atoms with Crippen LogP contribution >= 0.6 is 0 Å². The maximum absolute atomic E-state index is 13.5. The molecule has 0 aromatic carbocycles. The monoisotopic (exact) mass is 544 g/mol. The highest BCUT2D eigenvalue weighted by molar-refractivity contribution is 5.83. The highest BCUT2D eigenvalue weighted by Crippen LogP contribution is 2.81. The number of hydrogen-bond acceptors (Lipinski definition) is 9. The van der Waals surface area contributed by atoms with Gasteiger partial charge in [0.15, 0.2) is 6.10 Å². The first kappa shape index (κ1) is 26.8. The molecular formula is C30H40O9. The minimum atomic E-state index is -0.975. The van der Waals surface area contributed by atoms with Gasteiger partial charge in [-0.15, -0.1) is 0 Å². The lowest BCUT2D eigenvalue weighted by Gasteiger charge is -2.71. The van der Waals surface area contributed by atoms with Gasteiger partial charge in [-0.05, 0) is 54.4 Å². The standard InChI is InChI=1S/C30H40O9/c1-26(2)16(23(32)35-6)12-17(24(33)36-7)28(4)18-8-10-27(3)21(15-9-11-37-14-15)38-25(34)22-30(27,39-22)29(18,5)20(31)13-19(26)28/h9,11,14,16-22,31H,8,10,12-13H2,1-7H3/t16-,17+,18-,19-,20+,21-,22+,27-,28+,29-,30+/m0/s1. The number of cyclic esters (lactones) is 1. The normalized spacial score (nSPS) is 49.3. The number of rotatable bonds is 3. The number of aliphatic hydroxyl groups excluding tert-OH is 1. The Morgan fingerprint density at radius 3 is 2.26 bits per heavy atom. The molecule has 1 aromatic rings. The molecule has 2 saturated heterocycles. The third-order valence-corrected chi connectivity index (χ3v) is 12.5. The van der Waals surface area contributed by atoms with E-state index in [1.807, 2.05) is 13.0 Å². The van der Waals surface area contributed by atoms with Gasteiger partial charge in [0.25, 0.3) is 0 Å². The minimum Gasteiger partial charge on any atom is -0.472 e. The molecule has 9 nitrogen and oxygen atoms in total. The minimum absolute atomic E-state index is 0.182. The second kappa shape index (κ2) is 8.09. The Morgan fingerprint density at radius 2 is 1.64 bits per heavy atom. The second-order valence-electron chi connectivity index (χ2n) is 13.8. The van der Waals surface area contributed by atoms with Crippen molar-refractivity contribution in [2.24, 2.45) is 45.3 Å². The highest BCUT2D eigenvalue weighted by atomic mass is 16.7. The van der Waals surface area contributed by atoms with Crippen molar-refractivity contribution in [3.05, 3.63) is 24.2 Å². The molecule has 1 N–H and O–H groups in total. The molecule has 3 saturated carbocycles. The van der Waals surface area contributed by atoms with Crippen LogP contribution in [-0.4, -0.2) is 55.0 Å². The van der Waals surface area contributed by atoms with Crippen LogP contribution in [0.1, 0.15) is 72.0 Å². The zero-order valence-electron chi connectivity index (χ0n) is 23.8. The van der Waals surface area contributed by atoms with Crippen molar-refractivity contribution in [3.63, 3.8) is 0 Å². The topological polar surface area (TPSA) is 125 Å². The van der Waals surface area contributed by atoms with E-state index in [0.717, 1.165) is 5.56 Å². The van der Waals surface area contributed by atoms with Gasteiger partial charge in [-0.3, -0.25) is 9.59 Å². The lowest BCUT2D eigenvalue weighted by molar-refractivity contribution is -0.280. The van der Waals surface area contributed by atoms with E-state index in [9.17, 15) is 19.5 Å². The molecule has 3 heterocycles. The average molecular weight is 545 g/mol. The van der Waals surface area contributed by atoms with Gasteiger partial charge in [0.1, 0.15) is 11.7 Å². The van der Waals surface area contributed by atoms with Crippen molar-refractivity contribution in [1.82, 2.24) is 0 Å². The summed E-state index contributed by atoms with van der Waals surface area (Å²) in [7, 11) is 2.75. The first-order valence-corrected chi connectivity index (χ1v) is 14.0. The third-order valence-electron chi connectivity index (χ3n) is 12.5. The third kappa shape index (κ3) is 2.91. The van der Waals surface area contributed by atoms with Gasteiger partial charge in [-0.25, -0.2) is 4.79 Å². The summed E-state index contributed by atoms with van der Waals surface area (Å²) in [5, 5.41) is 12.2. The Labute approximate surface area is 228 Å². The molecule has 11 atom stereocenters. The number of epoxide rings is 1. The number of esters is 3. The van der Waals surface area contributed by atoms with E-state index < -0.39 is 63.4 Å². The first-order valence-electron chi connectivity index (χ1n) is 14.0. The predicted octanol–water partition coefficient (Wildman–Crippen LogP) is 3.83. The number of aliphatic hydroxyl groups is 1. The van der Waals surface area contributed by atoms with Crippen LogP contribution in [0.2, 0.25) is 0 Å². The molecule has 3 aliphatic carbocycles. The molecule has 1 spiro atoms. The van der Waals surface area contributed by atoms with Crippen LogP contribution in [0.5, 0.6) is 0 Å². The molecule has 0 unspecified atom stereocenters. The molecule has 5 fully saturated rings. The lowest BCUT2D eigenvalue weighted by atomic mass is 9.32. The van der Waals surface area contributed by atoms with Gasteiger partial charge in [0, 0.05) is 16.4 Å². The summed E-state index contributed by atoms with van der Waals surface area (Å²) in [6.45, 7) is 10.4. The summed E-state index contributed by atoms with van der Waals surface area (Å²) >= 11 is 0. The number of ether oxygens (including phenoxy) is 4. The summed E-state index contributed by atoms with van der Waals surface area (Å²) in [5.41, 5.74) is -2.88. The van der Waals surface area contributed by atoms with Crippen LogP contribution in [0.4, 0.5) is 0 Å². The van der Waals surface area contributed by atoms with Gasteiger partial charge in [-0.1, -0.05) is 34.6 Å². The van der Waals surface area contributed by atoms with Crippen molar-refractivity contribution in [2.45, 2.75) is 84.2 Å². The Hall–Kier alpha value is -2.39. The maximum atomic E-state index is 13.5. The zero-order chi connectivity index (χ0) is 28.3. The molecule has 0 bridgehead atoms. The number of fused-ring (bicyclic) bond motifs is 3. The van der Waals surface area contributed by atoms with Crippen molar-refractivity contribution >= 4 is 17.9 Å². The number of furan rings is 1. The van der Waals surface area contributed by atoms with Crippen LogP contribution in [-0.2, 0) is 33.3 Å². The molecule has 0 amide bonds. The lowest BCUT2D eigenvalue weighted by Crippen LogP contribution is -2.74. The number of carbonyl (C=O) groups is 3. The summed E-state index contributed by atoms with van der Waals surface area (Å²) in [6.07, 6.45) is 2.97. The average Bonchev–Trinajstić information content (AvgIpc) is 3.46. The zero-order valence-corrected chi connectivity index (χ0v) is 23.8. The Bertz CT molecular complexity index is 1210. The molecular weight excluding hydrogens is 504 g/mol. The highest BCUT2D eigenvalue weighted by Gasteiger charge is 2.88. The van der Waals surface area contributed by atoms with E-state index in [2.05, 4.69) is 27.7 Å². The van der Waals surface area contributed by atoms with E-state index in [-0.39, 0.29) is 23.8 Å². The molecule has 0 radical (unpaired) electrons. The van der Waals surface area contributed by atoms with Crippen LogP contribution in [0, 0.1) is 45.3 Å². The summed E-state index contributed by atoms with van der Waals surface area (Å²) in [5.74, 6) is -2.61.